The van der Waals surface area contributed by atoms with Gasteiger partial charge in [0.2, 0.25) is 0 Å². The van der Waals surface area contributed by atoms with Crippen LogP contribution in [0.2, 0.25) is 0 Å². The minimum atomic E-state index is -3.30. The van der Waals surface area contributed by atoms with E-state index in [1.54, 1.807) is 0 Å². The van der Waals surface area contributed by atoms with Gasteiger partial charge in [0, 0.05) is 17.5 Å². The van der Waals surface area contributed by atoms with Gasteiger partial charge >= 0.3 is 0 Å². The second-order valence-electron chi connectivity index (χ2n) is 4.53. The number of thioether (sulfide) groups is 1. The van der Waals surface area contributed by atoms with Gasteiger partial charge in [-0.1, -0.05) is 6.92 Å². The van der Waals surface area contributed by atoms with Crippen molar-refractivity contribution >= 4 is 27.3 Å². The van der Waals surface area contributed by atoms with Crippen LogP contribution in [-0.4, -0.2) is 31.7 Å². The summed E-state index contributed by atoms with van der Waals surface area (Å²) in [6.07, 6.45) is 2.09. The molecule has 100 valence electrons. The third-order valence-corrected chi connectivity index (χ3v) is 5.52. The number of hydrogen-bond acceptors (Lipinski definition) is 4. The Morgan fingerprint density at radius 2 is 2.17 bits per heavy atom. The molecule has 0 saturated carbocycles. The van der Waals surface area contributed by atoms with E-state index in [0.717, 1.165) is 18.4 Å². The van der Waals surface area contributed by atoms with E-state index in [2.05, 4.69) is 12.2 Å². The van der Waals surface area contributed by atoms with Gasteiger partial charge in [-0.25, -0.2) is 12.8 Å². The average molecular weight is 289 g/mol. The minimum absolute atomic E-state index is 0.143. The van der Waals surface area contributed by atoms with Crippen molar-refractivity contribution in [3.63, 3.8) is 0 Å². The lowest BCUT2D eigenvalue weighted by molar-refractivity contribution is 0.600. The van der Waals surface area contributed by atoms with Crippen LogP contribution >= 0.6 is 11.8 Å². The lowest BCUT2D eigenvalue weighted by Crippen LogP contribution is -2.25. The number of benzene rings is 1. The molecule has 6 heteroatoms. The molecule has 0 radical (unpaired) electrons. The van der Waals surface area contributed by atoms with Crippen LogP contribution in [0.25, 0.3) is 0 Å². The van der Waals surface area contributed by atoms with Crippen molar-refractivity contribution in [2.45, 2.75) is 29.5 Å². The highest BCUT2D eigenvalue weighted by atomic mass is 32.2. The quantitative estimate of drug-likeness (QED) is 0.869. The topological polar surface area (TPSA) is 46.2 Å². The molecule has 2 atom stereocenters. The van der Waals surface area contributed by atoms with Crippen LogP contribution < -0.4 is 5.32 Å². The van der Waals surface area contributed by atoms with Gasteiger partial charge in [-0.3, -0.25) is 0 Å². The molecule has 1 saturated heterocycles. The van der Waals surface area contributed by atoms with Crippen molar-refractivity contribution in [2.24, 2.45) is 0 Å². The third kappa shape index (κ3) is 2.98. The van der Waals surface area contributed by atoms with Gasteiger partial charge in [-0.05, 0) is 30.4 Å². The molecular formula is C12H16FNO2S2. The molecule has 1 heterocycles. The highest BCUT2D eigenvalue weighted by molar-refractivity contribution is 8.00. The fourth-order valence-electron chi connectivity index (χ4n) is 1.97. The summed E-state index contributed by atoms with van der Waals surface area (Å²) < 4.78 is 36.6. The Balaban J connectivity index is 2.27. The maximum atomic E-state index is 13.7. The van der Waals surface area contributed by atoms with Crippen molar-refractivity contribution in [1.82, 2.24) is 0 Å². The second kappa shape index (κ2) is 5.09. The number of anilines is 1. The fourth-order valence-corrected chi connectivity index (χ4v) is 3.81. The molecule has 0 amide bonds. The van der Waals surface area contributed by atoms with Crippen LogP contribution in [-0.2, 0) is 9.84 Å². The van der Waals surface area contributed by atoms with Crippen molar-refractivity contribution in [3.8, 4) is 0 Å². The van der Waals surface area contributed by atoms with Crippen LogP contribution in [0.3, 0.4) is 0 Å². The first kappa shape index (κ1) is 13.7. The van der Waals surface area contributed by atoms with E-state index in [9.17, 15) is 12.8 Å². The van der Waals surface area contributed by atoms with Gasteiger partial charge in [0.25, 0.3) is 0 Å². The summed E-state index contributed by atoms with van der Waals surface area (Å²) in [7, 11) is -3.30. The molecule has 1 aromatic rings. The molecule has 3 nitrogen and oxygen atoms in total. The first-order valence-corrected chi connectivity index (χ1v) is 8.69. The average Bonchev–Trinajstić information content (AvgIpc) is 2.66. The Kier molecular flexibility index (Phi) is 3.87. The Bertz CT molecular complexity index is 545. The molecule has 0 spiro atoms. The lowest BCUT2D eigenvalue weighted by Gasteiger charge is -2.18. The summed E-state index contributed by atoms with van der Waals surface area (Å²) in [5, 5.41) is 3.52. The molecule has 0 bridgehead atoms. The number of nitrogens with one attached hydrogen (secondary N) is 1. The Labute approximate surface area is 111 Å². The predicted octanol–water partition coefficient (Wildman–Crippen LogP) is 2.54. The van der Waals surface area contributed by atoms with E-state index in [1.165, 1.54) is 18.2 Å². The van der Waals surface area contributed by atoms with E-state index in [-0.39, 0.29) is 16.6 Å². The Morgan fingerprint density at radius 3 is 2.72 bits per heavy atom. The molecule has 1 aliphatic heterocycles. The van der Waals surface area contributed by atoms with Crippen LogP contribution in [0.5, 0.6) is 0 Å². The lowest BCUT2D eigenvalue weighted by atomic mass is 10.1. The van der Waals surface area contributed by atoms with Gasteiger partial charge in [-0.2, -0.15) is 11.8 Å². The first-order valence-electron chi connectivity index (χ1n) is 5.75. The Hall–Kier alpha value is -0.750. The monoisotopic (exact) mass is 289 g/mol. The zero-order valence-electron chi connectivity index (χ0n) is 10.3. The van der Waals surface area contributed by atoms with Crippen LogP contribution in [0.15, 0.2) is 23.1 Å². The van der Waals surface area contributed by atoms with E-state index >= 15 is 0 Å². The molecule has 0 aromatic heterocycles. The van der Waals surface area contributed by atoms with Crippen molar-refractivity contribution in [2.75, 3.05) is 17.3 Å². The van der Waals surface area contributed by atoms with Gasteiger partial charge in [0.1, 0.15) is 5.82 Å². The van der Waals surface area contributed by atoms with E-state index in [0.29, 0.717) is 5.25 Å². The standard InChI is InChI=1S/C12H16FNO2S2/c1-8-11(5-6-17-8)14-12-7-9(18(2,15)16)3-4-10(12)13/h3-4,7-8,11,14H,5-6H2,1-2H3. The van der Waals surface area contributed by atoms with Gasteiger partial charge in [0.15, 0.2) is 9.84 Å². The van der Waals surface area contributed by atoms with Gasteiger partial charge < -0.3 is 5.32 Å². The van der Waals surface area contributed by atoms with E-state index < -0.39 is 15.7 Å². The molecule has 0 aliphatic carbocycles. The van der Waals surface area contributed by atoms with Gasteiger partial charge in [-0.15, -0.1) is 0 Å². The zero-order valence-corrected chi connectivity index (χ0v) is 11.9. The normalized spacial score (nSPS) is 24.2. The number of hydrogen-bond donors (Lipinski definition) is 1. The summed E-state index contributed by atoms with van der Waals surface area (Å²) in [4.78, 5) is 0.143. The summed E-state index contributed by atoms with van der Waals surface area (Å²) in [6.45, 7) is 2.09. The third-order valence-electron chi connectivity index (χ3n) is 3.08. The van der Waals surface area contributed by atoms with Gasteiger partial charge in [0.05, 0.1) is 10.6 Å². The largest absolute Gasteiger partial charge is 0.379 e. The van der Waals surface area contributed by atoms with E-state index in [1.807, 2.05) is 11.8 Å². The SMILES string of the molecule is CC1SCCC1Nc1cc(S(C)(=O)=O)ccc1F. The first-order chi connectivity index (χ1) is 8.38. The van der Waals surface area contributed by atoms with Crippen LogP contribution in [0, 0.1) is 5.82 Å². The van der Waals surface area contributed by atoms with Crippen LogP contribution in [0.1, 0.15) is 13.3 Å². The molecule has 1 aromatic carbocycles. The van der Waals surface area contributed by atoms with Crippen molar-refractivity contribution < 1.29 is 12.8 Å². The highest BCUT2D eigenvalue weighted by Gasteiger charge is 2.24. The minimum Gasteiger partial charge on any atom is -0.379 e. The zero-order chi connectivity index (χ0) is 13.3. The Morgan fingerprint density at radius 1 is 1.44 bits per heavy atom. The maximum Gasteiger partial charge on any atom is 0.175 e. The summed E-state index contributed by atoms with van der Waals surface area (Å²) in [5.41, 5.74) is 0.275. The molecule has 1 aliphatic rings. The highest BCUT2D eigenvalue weighted by Crippen LogP contribution is 2.30. The van der Waals surface area contributed by atoms with Crippen LogP contribution in [0.4, 0.5) is 10.1 Å². The smallest absolute Gasteiger partial charge is 0.175 e. The predicted molar refractivity (Wildman–Crippen MR) is 73.5 cm³/mol. The van der Waals surface area contributed by atoms with E-state index in [4.69, 9.17) is 0 Å². The number of sulfone groups is 1. The molecule has 18 heavy (non-hydrogen) atoms. The number of rotatable bonds is 3. The molecule has 2 rings (SSSR count). The summed E-state index contributed by atoms with van der Waals surface area (Å²) in [5.74, 6) is 0.637. The molecule has 1 N–H and O–H groups in total. The van der Waals surface area contributed by atoms with Crippen molar-refractivity contribution in [1.29, 1.82) is 0 Å². The molecule has 2 unspecified atom stereocenters. The maximum absolute atomic E-state index is 13.7. The summed E-state index contributed by atoms with van der Waals surface area (Å²) in [6, 6.07) is 4.06. The number of halogens is 1. The van der Waals surface area contributed by atoms with Crippen molar-refractivity contribution in [3.05, 3.63) is 24.0 Å². The summed E-state index contributed by atoms with van der Waals surface area (Å²) >= 11 is 1.84. The second-order valence-corrected chi connectivity index (χ2v) is 8.03. The fraction of sp³-hybridized carbons (Fsp3) is 0.500. The molecular weight excluding hydrogens is 273 g/mol. The molecule has 1 fully saturated rings.